The summed E-state index contributed by atoms with van der Waals surface area (Å²) in [5, 5.41) is 4.32. The monoisotopic (exact) mass is 432 g/mol. The fraction of sp³-hybridized carbons (Fsp3) is 0.350. The van der Waals surface area contributed by atoms with Gasteiger partial charge in [-0.1, -0.05) is 6.07 Å². The van der Waals surface area contributed by atoms with Gasteiger partial charge in [0.1, 0.15) is 14.8 Å². The zero-order chi connectivity index (χ0) is 20.6. The quantitative estimate of drug-likeness (QED) is 0.644. The van der Waals surface area contributed by atoms with Gasteiger partial charge in [0, 0.05) is 36.8 Å². The van der Waals surface area contributed by atoms with Crippen LogP contribution in [0.15, 0.2) is 46.8 Å². The molecule has 1 aliphatic rings. The molecule has 0 bridgehead atoms. The smallest absolute Gasteiger partial charge is 0.271 e. The number of fused-ring (bicyclic) bond motifs is 1. The molecule has 0 radical (unpaired) electrons. The molecule has 0 aliphatic carbocycles. The number of hydrogen-bond acceptors (Lipinski definition) is 7. The summed E-state index contributed by atoms with van der Waals surface area (Å²) < 4.78 is 34.4. The molecular formula is C20H24N4O3S2. The highest BCUT2D eigenvalue weighted by Crippen LogP contribution is 2.34. The van der Waals surface area contributed by atoms with Gasteiger partial charge < -0.3 is 15.0 Å². The maximum absolute atomic E-state index is 12.9. The van der Waals surface area contributed by atoms with Crippen LogP contribution in [-0.4, -0.2) is 45.7 Å². The normalized spacial score (nSPS) is 20.0. The number of hydrogen-bond donors (Lipinski definition) is 2. The summed E-state index contributed by atoms with van der Waals surface area (Å²) in [6.07, 6.45) is 1.66. The lowest BCUT2D eigenvalue weighted by molar-refractivity contribution is 0.391. The lowest BCUT2D eigenvalue weighted by Crippen LogP contribution is -2.54. The van der Waals surface area contributed by atoms with Crippen molar-refractivity contribution in [1.82, 2.24) is 10.3 Å². The van der Waals surface area contributed by atoms with Gasteiger partial charge in [-0.3, -0.25) is 4.72 Å². The maximum Gasteiger partial charge on any atom is 0.271 e. The fourth-order valence-corrected chi connectivity index (χ4v) is 6.07. The molecule has 1 aromatic carbocycles. The Morgan fingerprint density at radius 3 is 2.66 bits per heavy atom. The van der Waals surface area contributed by atoms with Crippen molar-refractivity contribution >= 4 is 43.0 Å². The highest BCUT2D eigenvalue weighted by atomic mass is 32.2. The van der Waals surface area contributed by atoms with Gasteiger partial charge in [-0.25, -0.2) is 13.4 Å². The Bertz CT molecular complexity index is 1090. The zero-order valence-electron chi connectivity index (χ0n) is 16.5. The van der Waals surface area contributed by atoms with E-state index in [9.17, 15) is 8.42 Å². The Morgan fingerprint density at radius 1 is 1.21 bits per heavy atom. The van der Waals surface area contributed by atoms with E-state index in [0.717, 1.165) is 41.2 Å². The number of anilines is 2. The first kappa shape index (κ1) is 19.9. The number of benzene rings is 1. The minimum Gasteiger partial charge on any atom is -0.495 e. The van der Waals surface area contributed by atoms with Crippen LogP contribution in [0.25, 0.3) is 10.2 Å². The molecule has 1 fully saturated rings. The zero-order valence-corrected chi connectivity index (χ0v) is 18.2. The predicted molar refractivity (Wildman–Crippen MR) is 118 cm³/mol. The van der Waals surface area contributed by atoms with Crippen LogP contribution in [0.3, 0.4) is 0 Å². The van der Waals surface area contributed by atoms with Crippen molar-refractivity contribution in [3.8, 4) is 5.75 Å². The van der Waals surface area contributed by atoms with Gasteiger partial charge in [0.2, 0.25) is 0 Å². The van der Waals surface area contributed by atoms with Crippen LogP contribution in [0.1, 0.15) is 13.8 Å². The third-order valence-electron chi connectivity index (χ3n) is 4.87. The van der Waals surface area contributed by atoms with E-state index in [1.165, 1.54) is 0 Å². The van der Waals surface area contributed by atoms with Crippen LogP contribution in [-0.2, 0) is 10.0 Å². The molecule has 2 unspecified atom stereocenters. The molecule has 2 aromatic heterocycles. The molecule has 3 heterocycles. The van der Waals surface area contributed by atoms with Crippen LogP contribution in [0.5, 0.6) is 5.75 Å². The number of aromatic nitrogens is 1. The van der Waals surface area contributed by atoms with Crippen molar-refractivity contribution < 1.29 is 13.2 Å². The molecule has 7 nitrogen and oxygen atoms in total. The van der Waals surface area contributed by atoms with Gasteiger partial charge in [0.05, 0.1) is 18.5 Å². The van der Waals surface area contributed by atoms with Gasteiger partial charge in [0.15, 0.2) is 0 Å². The number of ether oxygens (including phenoxy) is 1. The van der Waals surface area contributed by atoms with Gasteiger partial charge in [-0.2, -0.15) is 0 Å². The van der Waals surface area contributed by atoms with Crippen molar-refractivity contribution in [3.63, 3.8) is 0 Å². The Kier molecular flexibility index (Phi) is 5.37. The van der Waals surface area contributed by atoms with E-state index in [2.05, 4.69) is 33.8 Å². The van der Waals surface area contributed by atoms with E-state index in [1.54, 1.807) is 37.6 Å². The topological polar surface area (TPSA) is 83.6 Å². The molecule has 1 saturated heterocycles. The van der Waals surface area contributed by atoms with E-state index < -0.39 is 10.0 Å². The summed E-state index contributed by atoms with van der Waals surface area (Å²) in [5.41, 5.74) is 1.39. The molecule has 2 N–H and O–H groups in total. The van der Waals surface area contributed by atoms with E-state index in [-0.39, 0.29) is 4.21 Å². The van der Waals surface area contributed by atoms with Gasteiger partial charge in [0.25, 0.3) is 10.0 Å². The average molecular weight is 433 g/mol. The molecule has 0 amide bonds. The summed E-state index contributed by atoms with van der Waals surface area (Å²) >= 11 is 1.16. The van der Waals surface area contributed by atoms with Gasteiger partial charge in [-0.15, -0.1) is 11.3 Å². The Morgan fingerprint density at radius 2 is 1.97 bits per heavy atom. The third-order valence-corrected chi connectivity index (χ3v) is 7.78. The number of thiophene rings is 1. The SMILES string of the molecule is COc1ccc(NS(=O)(=O)c2cc3cccnc3s2)cc1N1CC(C)NC(C)C1. The molecule has 0 saturated carbocycles. The first-order valence-corrected chi connectivity index (χ1v) is 11.7. The van der Waals surface area contributed by atoms with Crippen LogP contribution in [0, 0.1) is 0 Å². The van der Waals surface area contributed by atoms with Crippen molar-refractivity contribution in [3.05, 3.63) is 42.6 Å². The molecule has 4 rings (SSSR count). The standard InChI is InChI=1S/C20H24N4O3S2/c1-13-11-24(12-14(2)22-13)17-10-16(6-7-18(17)27-3)23-29(25,26)19-9-15-5-4-8-21-20(15)28-19/h4-10,13-14,22-23H,11-12H2,1-3H3. The summed E-state index contributed by atoms with van der Waals surface area (Å²) in [7, 11) is -2.08. The minimum atomic E-state index is -3.71. The van der Waals surface area contributed by atoms with E-state index in [4.69, 9.17) is 4.74 Å². The number of rotatable bonds is 5. The van der Waals surface area contributed by atoms with Crippen molar-refractivity contribution in [2.45, 2.75) is 30.1 Å². The summed E-state index contributed by atoms with van der Waals surface area (Å²) in [5.74, 6) is 0.723. The Labute approximate surface area is 174 Å². The number of piperazine rings is 1. The van der Waals surface area contributed by atoms with E-state index >= 15 is 0 Å². The molecule has 154 valence electrons. The highest BCUT2D eigenvalue weighted by Gasteiger charge is 2.24. The fourth-order valence-electron chi connectivity index (χ4n) is 3.71. The first-order valence-electron chi connectivity index (χ1n) is 9.42. The molecule has 3 aromatic rings. The van der Waals surface area contributed by atoms with Gasteiger partial charge in [-0.05, 0) is 44.2 Å². The molecular weight excluding hydrogens is 408 g/mol. The summed E-state index contributed by atoms with van der Waals surface area (Å²) in [6, 6.07) is 11.3. The number of sulfonamides is 1. The molecule has 2 atom stereocenters. The largest absolute Gasteiger partial charge is 0.495 e. The lowest BCUT2D eigenvalue weighted by Gasteiger charge is -2.38. The van der Waals surface area contributed by atoms with Crippen LogP contribution in [0.4, 0.5) is 11.4 Å². The van der Waals surface area contributed by atoms with Crippen molar-refractivity contribution in [1.29, 1.82) is 0 Å². The number of methoxy groups -OCH3 is 1. The summed E-state index contributed by atoms with van der Waals surface area (Å²) in [6.45, 7) is 5.91. The first-order chi connectivity index (χ1) is 13.9. The number of pyridine rings is 1. The van der Waals surface area contributed by atoms with Crippen LogP contribution in [0.2, 0.25) is 0 Å². The third kappa shape index (κ3) is 4.17. The second-order valence-electron chi connectivity index (χ2n) is 7.33. The van der Waals surface area contributed by atoms with Crippen molar-refractivity contribution in [2.75, 3.05) is 29.8 Å². The molecule has 29 heavy (non-hydrogen) atoms. The second-order valence-corrected chi connectivity index (χ2v) is 10.3. The number of nitrogens with one attached hydrogen (secondary N) is 2. The van der Waals surface area contributed by atoms with Gasteiger partial charge >= 0.3 is 0 Å². The molecule has 9 heteroatoms. The average Bonchev–Trinajstić information content (AvgIpc) is 3.12. The highest BCUT2D eigenvalue weighted by molar-refractivity contribution is 7.94. The van der Waals surface area contributed by atoms with E-state index in [1.807, 2.05) is 12.1 Å². The Hall–Kier alpha value is -2.36. The van der Waals surface area contributed by atoms with E-state index in [0.29, 0.717) is 22.6 Å². The lowest BCUT2D eigenvalue weighted by atomic mass is 10.1. The van der Waals surface area contributed by atoms with Crippen LogP contribution >= 0.6 is 11.3 Å². The second kappa shape index (κ2) is 7.81. The summed E-state index contributed by atoms with van der Waals surface area (Å²) in [4.78, 5) is 7.16. The van der Waals surface area contributed by atoms with Crippen LogP contribution < -0.4 is 19.7 Å². The van der Waals surface area contributed by atoms with Crippen molar-refractivity contribution in [2.24, 2.45) is 0 Å². The predicted octanol–water partition coefficient (Wildman–Crippen LogP) is 3.29. The minimum absolute atomic E-state index is 0.244. The number of nitrogens with zero attached hydrogens (tertiary/aromatic N) is 2. The maximum atomic E-state index is 12.9. The molecule has 1 aliphatic heterocycles. The molecule has 0 spiro atoms. The Balaban J connectivity index is 1.64.